The number of rotatable bonds is 6. The molecule has 0 radical (unpaired) electrons. The van der Waals surface area contributed by atoms with E-state index in [9.17, 15) is 9.18 Å². The molecule has 40 heavy (non-hydrogen) atoms. The van der Waals surface area contributed by atoms with E-state index < -0.39 is 0 Å². The van der Waals surface area contributed by atoms with Gasteiger partial charge in [-0.25, -0.2) is 9.37 Å². The Hall–Kier alpha value is -3.98. The van der Waals surface area contributed by atoms with Crippen molar-refractivity contribution in [2.45, 2.75) is 6.61 Å². The molecule has 10 heteroatoms. The summed E-state index contributed by atoms with van der Waals surface area (Å²) in [7, 11) is 0. The molecular weight excluding hydrogens is 620 g/mol. The molecule has 0 bridgehead atoms. The quantitative estimate of drug-likeness (QED) is 0.172. The first-order valence-corrected chi connectivity index (χ1v) is 13.5. The zero-order valence-corrected chi connectivity index (χ0v) is 23.5. The molecule has 6 aromatic rings. The molecule has 0 aliphatic heterocycles. The molecule has 0 unspecified atom stereocenters. The van der Waals surface area contributed by atoms with E-state index in [4.69, 9.17) is 32.4 Å². The number of aromatic nitrogens is 2. The van der Waals surface area contributed by atoms with Gasteiger partial charge in [-0.1, -0.05) is 47.5 Å². The van der Waals surface area contributed by atoms with E-state index in [1.807, 2.05) is 6.07 Å². The fraction of sp³-hybridized carbons (Fsp3) is 0.0333. The predicted octanol–water partition coefficient (Wildman–Crippen LogP) is 8.48. The average Bonchev–Trinajstić information content (AvgIpc) is 3.35. The van der Waals surface area contributed by atoms with Crippen molar-refractivity contribution in [1.29, 1.82) is 0 Å². The third kappa shape index (κ3) is 5.25. The molecule has 2 heterocycles. The van der Waals surface area contributed by atoms with Crippen LogP contribution in [0.1, 0.15) is 11.1 Å². The zero-order valence-electron chi connectivity index (χ0n) is 20.4. The Balaban J connectivity index is 1.38. The van der Waals surface area contributed by atoms with Crippen LogP contribution in [0.4, 0.5) is 4.39 Å². The van der Waals surface area contributed by atoms with E-state index >= 15 is 0 Å². The fourth-order valence-electron chi connectivity index (χ4n) is 4.21. The predicted molar refractivity (Wildman–Crippen MR) is 159 cm³/mol. The van der Waals surface area contributed by atoms with Crippen LogP contribution in [0.25, 0.3) is 33.5 Å². The minimum absolute atomic E-state index is 0.133. The van der Waals surface area contributed by atoms with Crippen LogP contribution in [0.5, 0.6) is 5.75 Å². The van der Waals surface area contributed by atoms with Crippen molar-refractivity contribution in [1.82, 2.24) is 9.66 Å². The largest absolute Gasteiger partial charge is 0.486 e. The topological polar surface area (TPSA) is 69.6 Å². The number of fused-ring (bicyclic) bond motifs is 2. The van der Waals surface area contributed by atoms with Crippen molar-refractivity contribution in [3.8, 4) is 17.3 Å². The van der Waals surface area contributed by atoms with Gasteiger partial charge in [0.25, 0.3) is 5.56 Å². The minimum atomic E-state index is -0.365. The summed E-state index contributed by atoms with van der Waals surface area (Å²) in [6.07, 6.45) is 1.49. The van der Waals surface area contributed by atoms with E-state index in [2.05, 4.69) is 26.0 Å². The highest BCUT2D eigenvalue weighted by atomic mass is 79.9. The van der Waals surface area contributed by atoms with Gasteiger partial charge in [-0.2, -0.15) is 9.78 Å². The SMILES string of the molecule is O=c1c2ccccc2nc(-c2cc3cc(Cl)ccc3o2)n1N=Cc1cc(Cl)c(OCc2cccc(F)c2)c(Br)c1. The Kier molecular flexibility index (Phi) is 7.14. The Morgan fingerprint density at radius 1 is 1.02 bits per heavy atom. The lowest BCUT2D eigenvalue weighted by molar-refractivity contribution is 0.304. The van der Waals surface area contributed by atoms with Gasteiger partial charge in [0, 0.05) is 10.4 Å². The van der Waals surface area contributed by atoms with Crippen LogP contribution in [-0.4, -0.2) is 15.9 Å². The first-order valence-electron chi connectivity index (χ1n) is 12.0. The molecule has 0 saturated carbocycles. The molecule has 2 aromatic heterocycles. The maximum Gasteiger partial charge on any atom is 0.282 e. The highest BCUT2D eigenvalue weighted by Crippen LogP contribution is 2.35. The van der Waals surface area contributed by atoms with Crippen molar-refractivity contribution in [3.63, 3.8) is 0 Å². The second kappa shape index (κ2) is 10.9. The van der Waals surface area contributed by atoms with Crippen LogP contribution in [-0.2, 0) is 6.61 Å². The first kappa shape index (κ1) is 26.3. The highest BCUT2D eigenvalue weighted by molar-refractivity contribution is 9.10. The molecule has 0 saturated heterocycles. The fourth-order valence-corrected chi connectivity index (χ4v) is 5.38. The smallest absolute Gasteiger partial charge is 0.282 e. The van der Waals surface area contributed by atoms with Gasteiger partial charge >= 0.3 is 0 Å². The monoisotopic (exact) mass is 635 g/mol. The molecule has 0 aliphatic rings. The van der Waals surface area contributed by atoms with Crippen molar-refractivity contribution in [2.75, 3.05) is 0 Å². The molecule has 6 rings (SSSR count). The molecule has 0 atom stereocenters. The first-order chi connectivity index (χ1) is 19.4. The molecule has 0 spiro atoms. The number of nitrogens with zero attached hydrogens (tertiary/aromatic N) is 3. The maximum atomic E-state index is 13.5. The molecule has 4 aromatic carbocycles. The van der Waals surface area contributed by atoms with Crippen LogP contribution >= 0.6 is 39.1 Å². The number of para-hydroxylation sites is 1. The van der Waals surface area contributed by atoms with E-state index in [0.29, 0.717) is 53.6 Å². The Labute approximate surface area is 245 Å². The molecule has 0 N–H and O–H groups in total. The van der Waals surface area contributed by atoms with Crippen LogP contribution in [0.3, 0.4) is 0 Å². The van der Waals surface area contributed by atoms with Gasteiger partial charge in [0.15, 0.2) is 11.5 Å². The number of hydrogen-bond donors (Lipinski definition) is 0. The number of hydrogen-bond acceptors (Lipinski definition) is 5. The van der Waals surface area contributed by atoms with Crippen molar-refractivity contribution in [3.05, 3.63) is 127 Å². The van der Waals surface area contributed by atoms with Crippen LogP contribution in [0.15, 0.2) is 104 Å². The standard InChI is InChI=1S/C30H17BrCl2FN3O3/c31-23-11-18(12-24(33)28(23)39-16-17-4-3-5-21(34)10-17)15-35-37-29(36-25-7-2-1-6-22(25)30(37)38)27-14-19-13-20(32)8-9-26(19)40-27/h1-15H,16H2. The highest BCUT2D eigenvalue weighted by Gasteiger charge is 2.17. The summed E-state index contributed by atoms with van der Waals surface area (Å²) in [5.74, 6) is 0.640. The number of furan rings is 1. The summed E-state index contributed by atoms with van der Waals surface area (Å²) < 4.78 is 27.1. The molecule has 0 amide bonds. The zero-order chi connectivity index (χ0) is 27.8. The van der Waals surface area contributed by atoms with Gasteiger partial charge in [0.1, 0.15) is 18.0 Å². The van der Waals surface area contributed by atoms with Crippen LogP contribution in [0, 0.1) is 5.82 Å². The van der Waals surface area contributed by atoms with Crippen LogP contribution < -0.4 is 10.3 Å². The third-order valence-corrected chi connectivity index (χ3v) is 7.17. The average molecular weight is 637 g/mol. The van der Waals surface area contributed by atoms with Gasteiger partial charge in [-0.3, -0.25) is 4.79 Å². The van der Waals surface area contributed by atoms with Gasteiger partial charge in [-0.15, -0.1) is 0 Å². The summed E-state index contributed by atoms with van der Waals surface area (Å²) in [5, 5.41) is 6.52. The lowest BCUT2D eigenvalue weighted by atomic mass is 10.2. The summed E-state index contributed by atoms with van der Waals surface area (Å²) in [6, 6.07) is 23.6. The molecule has 198 valence electrons. The van der Waals surface area contributed by atoms with Crippen molar-refractivity contribution >= 4 is 67.2 Å². The van der Waals surface area contributed by atoms with Crippen LogP contribution in [0.2, 0.25) is 10.0 Å². The summed E-state index contributed by atoms with van der Waals surface area (Å²) in [6.45, 7) is 0.133. The minimum Gasteiger partial charge on any atom is -0.486 e. The Bertz CT molecular complexity index is 1980. The van der Waals surface area contributed by atoms with E-state index in [1.165, 1.54) is 23.0 Å². The second-order valence-electron chi connectivity index (χ2n) is 8.84. The van der Waals surface area contributed by atoms with Gasteiger partial charge in [0.05, 0.1) is 26.6 Å². The molecular formula is C30H17BrCl2FN3O3. The van der Waals surface area contributed by atoms with Crippen molar-refractivity contribution < 1.29 is 13.5 Å². The van der Waals surface area contributed by atoms with E-state index in [1.54, 1.807) is 66.7 Å². The van der Waals surface area contributed by atoms with Gasteiger partial charge in [-0.05, 0) is 87.7 Å². The Morgan fingerprint density at radius 3 is 2.70 bits per heavy atom. The second-order valence-corrected chi connectivity index (χ2v) is 10.5. The summed E-state index contributed by atoms with van der Waals surface area (Å²) in [4.78, 5) is 18.2. The third-order valence-electron chi connectivity index (χ3n) is 6.07. The van der Waals surface area contributed by atoms with Gasteiger partial charge in [0.2, 0.25) is 5.82 Å². The van der Waals surface area contributed by atoms with Crippen molar-refractivity contribution in [2.24, 2.45) is 5.10 Å². The maximum absolute atomic E-state index is 13.5. The lowest BCUT2D eigenvalue weighted by Crippen LogP contribution is -2.20. The molecule has 0 fully saturated rings. The normalized spacial score (nSPS) is 11.6. The van der Waals surface area contributed by atoms with Gasteiger partial charge < -0.3 is 9.15 Å². The number of ether oxygens (including phenoxy) is 1. The molecule has 0 aliphatic carbocycles. The molecule has 6 nitrogen and oxygen atoms in total. The van der Waals surface area contributed by atoms with E-state index in [0.717, 1.165) is 5.39 Å². The summed E-state index contributed by atoms with van der Waals surface area (Å²) in [5.41, 5.74) is 2.00. The Morgan fingerprint density at radius 2 is 1.88 bits per heavy atom. The lowest BCUT2D eigenvalue weighted by Gasteiger charge is -2.11. The number of halogens is 4. The van der Waals surface area contributed by atoms with E-state index in [-0.39, 0.29) is 23.8 Å². The number of benzene rings is 4. The summed E-state index contributed by atoms with van der Waals surface area (Å²) >= 11 is 16.1.